The number of hydrogen-bond acceptors (Lipinski definition) is 21. The molecule has 0 bridgehead atoms. The first-order valence-corrected chi connectivity index (χ1v) is 30.1. The molecule has 1 aliphatic rings. The number of methoxy groups -OCH3 is 1. The summed E-state index contributed by atoms with van der Waals surface area (Å²) in [6, 6.07) is 3.96. The number of fused-ring (bicyclic) bond motifs is 2. The molecule has 6 atom stereocenters. The lowest BCUT2D eigenvalue weighted by molar-refractivity contribution is -0.135. The van der Waals surface area contributed by atoms with Gasteiger partial charge in [0, 0.05) is 74.8 Å². The standard InChI is InChI=1S/C60H96N10O15/c1-41(2)33-43(4)54(57(77-6)56(76)44(5)34-42(3)50(73)36-49(84-40-71)14-11-45-9-12-48(72)13-10-45)69-85-38-52(75)63-19-22-79-24-26-81-28-30-83-32-31-82-29-27-80-25-23-78-21-16-51(74)62-17-7-8-20-70-60-53(58(61)66-39-67-60)55(68-70)47-35-46-15-18-64-59(46)65-37-47/h15,18,34-35,37,39-43,45,48-50,56-57,72-73,76H,7-14,16-17,19-33,36,38H2,1-6H3,(H,62,74)(H,63,75)(H,64,65)(H2,61,66,67)/b44-34+,69-54+/t42-,43-,45-,48-,49-,50-,56-,57+/m1/s1. The van der Waals surface area contributed by atoms with Gasteiger partial charge in [0.1, 0.15) is 41.8 Å². The highest BCUT2D eigenvalue weighted by atomic mass is 16.6. The molecule has 25 nitrogen and oxygen atoms in total. The number of H-pyrrole nitrogens is 1. The first kappa shape index (κ1) is 70.0. The van der Waals surface area contributed by atoms with E-state index in [0.29, 0.717) is 144 Å². The van der Waals surface area contributed by atoms with Crippen molar-refractivity contribution in [3.05, 3.63) is 42.5 Å². The first-order chi connectivity index (χ1) is 41.2. The summed E-state index contributed by atoms with van der Waals surface area (Å²) >= 11 is 0. The highest BCUT2D eigenvalue weighted by Gasteiger charge is 2.32. The van der Waals surface area contributed by atoms with Crippen LogP contribution in [0.15, 0.2) is 47.7 Å². The van der Waals surface area contributed by atoms with Crippen molar-refractivity contribution in [2.45, 2.75) is 142 Å². The Morgan fingerprint density at radius 2 is 1.49 bits per heavy atom. The molecule has 0 aromatic carbocycles. The van der Waals surface area contributed by atoms with Crippen LogP contribution in [-0.2, 0) is 63.7 Å². The van der Waals surface area contributed by atoms with Crippen molar-refractivity contribution in [2.75, 3.05) is 112 Å². The number of ether oxygens (including phenoxy) is 8. The van der Waals surface area contributed by atoms with Crippen molar-refractivity contribution in [2.24, 2.45) is 28.8 Å². The molecule has 4 aromatic heterocycles. The second kappa shape index (κ2) is 39.9. The molecule has 25 heteroatoms. The van der Waals surface area contributed by atoms with E-state index in [1.54, 1.807) is 19.2 Å². The lowest BCUT2D eigenvalue weighted by atomic mass is 9.83. The fourth-order valence-electron chi connectivity index (χ4n) is 10.2. The van der Waals surface area contributed by atoms with Crippen molar-refractivity contribution in [1.29, 1.82) is 0 Å². The maximum Gasteiger partial charge on any atom is 0.293 e. The number of aromatic amines is 1. The van der Waals surface area contributed by atoms with Gasteiger partial charge in [0.2, 0.25) is 5.91 Å². The first-order valence-electron chi connectivity index (χ1n) is 30.1. The van der Waals surface area contributed by atoms with Crippen molar-refractivity contribution in [1.82, 2.24) is 40.3 Å². The number of rotatable bonds is 46. The van der Waals surface area contributed by atoms with E-state index in [0.717, 1.165) is 68.0 Å². The van der Waals surface area contributed by atoms with Crippen LogP contribution in [0.4, 0.5) is 5.82 Å². The van der Waals surface area contributed by atoms with Crippen molar-refractivity contribution in [3.8, 4) is 11.3 Å². The van der Waals surface area contributed by atoms with Gasteiger partial charge in [-0.1, -0.05) is 38.9 Å². The monoisotopic (exact) mass is 1200 g/mol. The fraction of sp³-hybridized carbons (Fsp3) is 0.700. The second-order valence-electron chi connectivity index (χ2n) is 22.1. The van der Waals surface area contributed by atoms with Crippen LogP contribution in [0.5, 0.6) is 0 Å². The number of nitrogens with two attached hydrogens (primary N) is 1. The molecule has 4 aromatic rings. The predicted octanol–water partition coefficient (Wildman–Crippen LogP) is 5.09. The number of amides is 2. The maximum absolute atomic E-state index is 12.6. The molecule has 1 fully saturated rings. The van der Waals surface area contributed by atoms with Gasteiger partial charge in [-0.15, -0.1) is 0 Å². The van der Waals surface area contributed by atoms with E-state index in [9.17, 15) is 29.7 Å². The molecule has 1 aliphatic carbocycles. The third-order valence-electron chi connectivity index (χ3n) is 14.8. The van der Waals surface area contributed by atoms with Gasteiger partial charge in [-0.05, 0) is 94.3 Å². The molecule has 2 amide bonds. The van der Waals surface area contributed by atoms with Crippen molar-refractivity contribution < 1.29 is 72.4 Å². The number of oxime groups is 1. The zero-order valence-corrected chi connectivity index (χ0v) is 50.8. The number of hydrogen-bond donors (Lipinski definition) is 7. The number of carbonyl (C=O) groups is 3. The maximum atomic E-state index is 12.6. The quantitative estimate of drug-likeness (QED) is 0.00996. The van der Waals surface area contributed by atoms with Gasteiger partial charge in [-0.2, -0.15) is 5.10 Å². The van der Waals surface area contributed by atoms with Crippen LogP contribution in [0.2, 0.25) is 0 Å². The Bertz CT molecular complexity index is 2590. The normalized spacial score (nSPS) is 17.2. The lowest BCUT2D eigenvalue weighted by Gasteiger charge is -2.29. The summed E-state index contributed by atoms with van der Waals surface area (Å²) in [6.07, 6.45) is 11.0. The number of nitrogen functional groups attached to an aromatic ring is 1. The highest BCUT2D eigenvalue weighted by Crippen LogP contribution is 2.32. The molecule has 0 spiro atoms. The van der Waals surface area contributed by atoms with E-state index >= 15 is 0 Å². The number of carbonyl (C=O) groups excluding carboxylic acids is 3. The predicted molar refractivity (Wildman–Crippen MR) is 320 cm³/mol. The van der Waals surface area contributed by atoms with Crippen LogP contribution >= 0.6 is 0 Å². The molecule has 1 saturated carbocycles. The summed E-state index contributed by atoms with van der Waals surface area (Å²) in [5, 5.41) is 49.1. The molecule has 85 heavy (non-hydrogen) atoms. The summed E-state index contributed by atoms with van der Waals surface area (Å²) in [5.74, 6) is 0.116. The van der Waals surface area contributed by atoms with Gasteiger partial charge in [0.05, 0.1) is 103 Å². The Morgan fingerprint density at radius 1 is 0.847 bits per heavy atom. The molecule has 0 unspecified atom stereocenters. The third-order valence-corrected chi connectivity index (χ3v) is 14.8. The Hall–Kier alpha value is -5.74. The van der Waals surface area contributed by atoms with E-state index in [-0.39, 0.29) is 56.4 Å². The Morgan fingerprint density at radius 3 is 2.14 bits per heavy atom. The number of nitrogens with zero attached hydrogens (tertiary/aromatic N) is 6. The molecule has 5 rings (SSSR count). The van der Waals surface area contributed by atoms with Gasteiger partial charge in [0.15, 0.2) is 12.3 Å². The smallest absolute Gasteiger partial charge is 0.293 e. The number of aryl methyl sites for hydroxylation is 1. The number of aliphatic hydroxyl groups excluding tert-OH is 3. The van der Waals surface area contributed by atoms with Crippen LogP contribution in [0, 0.1) is 23.7 Å². The minimum Gasteiger partial charge on any atom is -0.464 e. The van der Waals surface area contributed by atoms with Crippen molar-refractivity contribution in [3.63, 3.8) is 0 Å². The molecule has 0 saturated heterocycles. The summed E-state index contributed by atoms with van der Waals surface area (Å²) in [7, 11) is 1.48. The van der Waals surface area contributed by atoms with Crippen LogP contribution in [0.25, 0.3) is 33.3 Å². The number of pyridine rings is 1. The van der Waals surface area contributed by atoms with Gasteiger partial charge in [-0.25, -0.2) is 19.6 Å². The van der Waals surface area contributed by atoms with E-state index in [1.165, 1.54) is 13.4 Å². The average Bonchev–Trinajstić information content (AvgIpc) is 2.28. The molecular formula is C60H96N10O15. The Labute approximate surface area is 499 Å². The zero-order valence-electron chi connectivity index (χ0n) is 50.8. The largest absolute Gasteiger partial charge is 0.464 e. The number of aromatic nitrogens is 6. The SMILES string of the molecule is CO[C@@H](/C(=N/OCC(=O)NCCOCCOCCOCCOCCOCCOCCC(=O)NCCCCn1nc(-c2cnc3[nH]ccc3c2)c2c(N)ncnc21)[C@H](C)CC(C)C)[C@H](O)/C(C)=C/[C@@H](C)[C@H](O)C[C@@H](CC[C@H]1CC[C@H](O)CC1)OC=O. The molecule has 8 N–H and O–H groups in total. The molecular weight excluding hydrogens is 1100 g/mol. The second-order valence-corrected chi connectivity index (χ2v) is 22.1. The van der Waals surface area contributed by atoms with E-state index in [1.807, 2.05) is 36.9 Å². The number of anilines is 1. The van der Waals surface area contributed by atoms with Gasteiger partial charge < -0.3 is 79.4 Å². The van der Waals surface area contributed by atoms with Crippen LogP contribution in [0.3, 0.4) is 0 Å². The summed E-state index contributed by atoms with van der Waals surface area (Å²) < 4.78 is 46.4. The van der Waals surface area contributed by atoms with Crippen molar-refractivity contribution >= 4 is 51.9 Å². The fourth-order valence-corrected chi connectivity index (χ4v) is 10.2. The van der Waals surface area contributed by atoms with Crippen LogP contribution in [0.1, 0.15) is 105 Å². The topological polar surface area (TPSA) is 330 Å². The van der Waals surface area contributed by atoms with E-state index < -0.39 is 30.3 Å². The zero-order chi connectivity index (χ0) is 61.2. The molecule has 0 radical (unpaired) electrons. The highest BCUT2D eigenvalue weighted by molar-refractivity contribution is 5.99. The van der Waals surface area contributed by atoms with Crippen LogP contribution in [-0.4, -0.2) is 206 Å². The van der Waals surface area contributed by atoms with E-state index in [4.69, 9.17) is 53.6 Å². The summed E-state index contributed by atoms with van der Waals surface area (Å²) in [6.45, 7) is 15.6. The van der Waals surface area contributed by atoms with E-state index in [2.05, 4.69) is 49.6 Å². The van der Waals surface area contributed by atoms with Gasteiger partial charge >= 0.3 is 0 Å². The Balaban J connectivity index is 0.816. The van der Waals surface area contributed by atoms with Gasteiger partial charge in [0.25, 0.3) is 12.4 Å². The van der Waals surface area contributed by atoms with Crippen LogP contribution < -0.4 is 16.4 Å². The molecule has 4 heterocycles. The number of aliphatic hydroxyl groups is 3. The third kappa shape index (κ3) is 25.6. The Kier molecular flexibility index (Phi) is 32.8. The summed E-state index contributed by atoms with van der Waals surface area (Å²) in [5.41, 5.74) is 10.2. The molecule has 476 valence electrons. The lowest BCUT2D eigenvalue weighted by Crippen LogP contribution is -2.41. The summed E-state index contributed by atoms with van der Waals surface area (Å²) in [4.78, 5) is 58.0. The minimum absolute atomic E-state index is 0.0791. The molecule has 0 aliphatic heterocycles. The van der Waals surface area contributed by atoms with Gasteiger partial charge in [-0.3, -0.25) is 14.4 Å². The number of nitrogens with one attached hydrogen (secondary N) is 3. The minimum atomic E-state index is -1.13. The number of unbranched alkanes of at least 4 members (excludes halogenated alkanes) is 1. The average molecular weight is 1200 g/mol.